The van der Waals surface area contributed by atoms with Gasteiger partial charge in [0.1, 0.15) is 11.3 Å². The molecule has 0 radical (unpaired) electrons. The molecule has 0 spiro atoms. The molecule has 0 saturated carbocycles. The molecular weight excluding hydrogens is 665 g/mol. The number of oxazole rings is 1. The zero-order chi connectivity index (χ0) is 24.5. The third kappa shape index (κ3) is 5.43. The van der Waals surface area contributed by atoms with E-state index < -0.39 is 5.91 Å². The van der Waals surface area contributed by atoms with Gasteiger partial charge in [-0.15, -0.1) is 0 Å². The van der Waals surface area contributed by atoms with Gasteiger partial charge in [-0.3, -0.25) is 10.1 Å². The summed E-state index contributed by atoms with van der Waals surface area (Å²) in [5, 5.41) is 6.38. The highest BCUT2D eigenvalue weighted by atomic mass is 127. The molecule has 0 unspecified atom stereocenters. The fraction of sp³-hybridized carbons (Fsp3) is 0. The van der Waals surface area contributed by atoms with Crippen molar-refractivity contribution in [2.75, 3.05) is 5.32 Å². The van der Waals surface area contributed by atoms with Crippen LogP contribution in [-0.2, 0) is 0 Å². The van der Waals surface area contributed by atoms with Crippen molar-refractivity contribution in [3.63, 3.8) is 0 Å². The van der Waals surface area contributed by atoms with Gasteiger partial charge in [0.2, 0.25) is 5.89 Å². The van der Waals surface area contributed by atoms with Crippen LogP contribution in [-0.4, -0.2) is 16.0 Å². The minimum absolute atomic E-state index is 0.128. The fourth-order valence-electron chi connectivity index (χ4n) is 3.34. The van der Waals surface area contributed by atoms with Gasteiger partial charge >= 0.3 is 0 Å². The Balaban J connectivity index is 1.28. The minimum Gasteiger partial charge on any atom is -0.451 e. The lowest BCUT2D eigenvalue weighted by molar-refractivity contribution is 0.0951. The fourth-order valence-corrected chi connectivity index (χ4v) is 4.58. The number of fused-ring (bicyclic) bond motifs is 1. The standard InChI is InChI=1S/C25H14BrClIN3O3S/c26-18-7-5-15(28)11-17(18)24-30-19-12-16(6-8-21(19)34-24)29-25(35)31-23(32)22-10-9-20(33-22)13-1-3-14(27)4-2-13/h1-12H,(H2,29,31,32,35). The average molecular weight is 679 g/mol. The largest absolute Gasteiger partial charge is 0.451 e. The lowest BCUT2D eigenvalue weighted by Gasteiger charge is -2.08. The van der Waals surface area contributed by atoms with E-state index in [0.29, 0.717) is 33.5 Å². The number of hydrogen-bond acceptors (Lipinski definition) is 5. The smallest absolute Gasteiger partial charge is 0.293 e. The molecule has 2 aromatic heterocycles. The van der Waals surface area contributed by atoms with Crippen molar-refractivity contribution in [1.29, 1.82) is 0 Å². The van der Waals surface area contributed by atoms with E-state index in [0.717, 1.165) is 19.2 Å². The molecule has 5 aromatic rings. The Morgan fingerprint density at radius 3 is 2.60 bits per heavy atom. The van der Waals surface area contributed by atoms with Crippen LogP contribution in [0.2, 0.25) is 5.02 Å². The lowest BCUT2D eigenvalue weighted by atomic mass is 10.2. The number of rotatable bonds is 4. The second-order valence-corrected chi connectivity index (χ2v) is 10.3. The molecule has 2 heterocycles. The molecule has 174 valence electrons. The van der Waals surface area contributed by atoms with Gasteiger partial charge in [-0.2, -0.15) is 0 Å². The van der Waals surface area contributed by atoms with Gasteiger partial charge in [0, 0.05) is 24.3 Å². The molecule has 3 aromatic carbocycles. The molecule has 1 amide bonds. The summed E-state index contributed by atoms with van der Waals surface area (Å²) < 4.78 is 13.6. The first kappa shape index (κ1) is 24.0. The quantitative estimate of drug-likeness (QED) is 0.149. The molecular formula is C25H14BrClIN3O3S. The summed E-state index contributed by atoms with van der Waals surface area (Å²) in [5.41, 5.74) is 3.62. The summed E-state index contributed by atoms with van der Waals surface area (Å²) in [6.07, 6.45) is 0. The highest BCUT2D eigenvalue weighted by Crippen LogP contribution is 2.32. The normalized spacial score (nSPS) is 10.9. The van der Waals surface area contributed by atoms with Gasteiger partial charge in [0.25, 0.3) is 5.91 Å². The number of nitrogens with one attached hydrogen (secondary N) is 2. The molecule has 0 aliphatic rings. The monoisotopic (exact) mass is 677 g/mol. The second-order valence-electron chi connectivity index (χ2n) is 7.40. The molecule has 35 heavy (non-hydrogen) atoms. The van der Waals surface area contributed by atoms with E-state index in [9.17, 15) is 4.79 Å². The molecule has 0 bridgehead atoms. The summed E-state index contributed by atoms with van der Waals surface area (Å²) in [6, 6.07) is 21.8. The van der Waals surface area contributed by atoms with Crippen LogP contribution >= 0.6 is 62.3 Å². The SMILES string of the molecule is O=C(NC(=S)Nc1ccc2oc(-c3cc(I)ccc3Br)nc2c1)c1ccc(-c2ccc(Cl)cc2)o1. The molecule has 10 heteroatoms. The van der Waals surface area contributed by atoms with Crippen molar-refractivity contribution in [3.05, 3.63) is 91.6 Å². The number of carbonyl (C=O) groups excluding carboxylic acids is 1. The number of halogens is 3. The molecule has 5 rings (SSSR count). The van der Waals surface area contributed by atoms with Crippen molar-refractivity contribution >= 4 is 90.1 Å². The zero-order valence-electron chi connectivity index (χ0n) is 17.6. The number of anilines is 1. The summed E-state index contributed by atoms with van der Waals surface area (Å²) >= 11 is 17.0. The van der Waals surface area contributed by atoms with Crippen LogP contribution in [0.5, 0.6) is 0 Å². The highest BCUT2D eigenvalue weighted by Gasteiger charge is 2.15. The Morgan fingerprint density at radius 2 is 1.80 bits per heavy atom. The molecule has 0 aliphatic heterocycles. The van der Waals surface area contributed by atoms with Crippen LogP contribution < -0.4 is 10.6 Å². The van der Waals surface area contributed by atoms with Gasteiger partial charge in [0.15, 0.2) is 16.5 Å². The number of furan rings is 1. The molecule has 0 saturated heterocycles. The van der Waals surface area contributed by atoms with Crippen molar-refractivity contribution in [3.8, 4) is 22.8 Å². The van der Waals surface area contributed by atoms with Crippen LogP contribution in [0.3, 0.4) is 0 Å². The van der Waals surface area contributed by atoms with Gasteiger partial charge in [-0.1, -0.05) is 11.6 Å². The summed E-state index contributed by atoms with van der Waals surface area (Å²) in [5.74, 6) is 0.736. The number of benzene rings is 3. The first-order chi connectivity index (χ1) is 16.9. The summed E-state index contributed by atoms with van der Waals surface area (Å²) in [4.78, 5) is 17.2. The predicted octanol–water partition coefficient (Wildman–Crippen LogP) is 7.90. The first-order valence-electron chi connectivity index (χ1n) is 10.2. The topological polar surface area (TPSA) is 80.3 Å². The Kier molecular flexibility index (Phi) is 6.92. The summed E-state index contributed by atoms with van der Waals surface area (Å²) in [7, 11) is 0. The number of thiocarbonyl (C=S) groups is 1. The Bertz CT molecular complexity index is 1580. The molecule has 0 aliphatic carbocycles. The van der Waals surface area contributed by atoms with Crippen molar-refractivity contribution in [2.45, 2.75) is 0 Å². The third-order valence-electron chi connectivity index (χ3n) is 4.99. The number of carbonyl (C=O) groups is 1. The molecule has 0 fully saturated rings. The maximum Gasteiger partial charge on any atom is 0.293 e. The van der Waals surface area contributed by atoms with Crippen molar-refractivity contribution in [1.82, 2.24) is 10.3 Å². The van der Waals surface area contributed by atoms with E-state index in [2.05, 4.69) is 54.1 Å². The van der Waals surface area contributed by atoms with Crippen LogP contribution in [0, 0.1) is 3.57 Å². The lowest BCUT2D eigenvalue weighted by Crippen LogP contribution is -2.33. The second kappa shape index (κ2) is 10.1. The van der Waals surface area contributed by atoms with Gasteiger partial charge in [-0.05, 0) is 124 Å². The van der Waals surface area contributed by atoms with Crippen LogP contribution in [0.25, 0.3) is 33.9 Å². The molecule has 6 nitrogen and oxygen atoms in total. The van der Waals surface area contributed by atoms with Gasteiger partial charge in [0.05, 0.1) is 5.56 Å². The van der Waals surface area contributed by atoms with E-state index >= 15 is 0 Å². The van der Waals surface area contributed by atoms with E-state index in [-0.39, 0.29) is 10.9 Å². The van der Waals surface area contributed by atoms with Crippen LogP contribution in [0.1, 0.15) is 10.6 Å². The Labute approximate surface area is 232 Å². The number of aromatic nitrogens is 1. The highest BCUT2D eigenvalue weighted by molar-refractivity contribution is 14.1. The summed E-state index contributed by atoms with van der Waals surface area (Å²) in [6.45, 7) is 0. The van der Waals surface area contributed by atoms with Gasteiger partial charge < -0.3 is 14.2 Å². The third-order valence-corrected chi connectivity index (χ3v) is 6.81. The predicted molar refractivity (Wildman–Crippen MR) is 153 cm³/mol. The minimum atomic E-state index is -0.462. The van der Waals surface area contributed by atoms with E-state index in [1.54, 1.807) is 42.5 Å². The maximum atomic E-state index is 12.6. The Morgan fingerprint density at radius 1 is 1.00 bits per heavy atom. The van der Waals surface area contributed by atoms with E-state index in [1.807, 2.05) is 30.3 Å². The van der Waals surface area contributed by atoms with E-state index in [4.69, 9.17) is 32.7 Å². The molecule has 0 atom stereocenters. The number of hydrogen-bond donors (Lipinski definition) is 2. The van der Waals surface area contributed by atoms with Crippen LogP contribution in [0.4, 0.5) is 5.69 Å². The van der Waals surface area contributed by atoms with Crippen LogP contribution in [0.15, 0.2) is 86.1 Å². The van der Waals surface area contributed by atoms with Crippen molar-refractivity contribution < 1.29 is 13.6 Å². The first-order valence-corrected chi connectivity index (χ1v) is 12.9. The number of nitrogens with zero attached hydrogens (tertiary/aromatic N) is 1. The Hall–Kier alpha value is -2.73. The maximum absolute atomic E-state index is 12.6. The number of amides is 1. The van der Waals surface area contributed by atoms with E-state index in [1.165, 1.54) is 0 Å². The zero-order valence-corrected chi connectivity index (χ0v) is 23.0. The van der Waals surface area contributed by atoms with Crippen molar-refractivity contribution in [2.24, 2.45) is 0 Å². The average Bonchev–Trinajstić information content (AvgIpc) is 3.48. The molecule has 2 N–H and O–H groups in total. The van der Waals surface area contributed by atoms with Gasteiger partial charge in [-0.25, -0.2) is 4.98 Å².